The van der Waals surface area contributed by atoms with Crippen molar-refractivity contribution in [2.24, 2.45) is 0 Å². The highest BCUT2D eigenvalue weighted by Gasteiger charge is 2.42. The van der Waals surface area contributed by atoms with Crippen molar-refractivity contribution in [2.45, 2.75) is 82.8 Å². The summed E-state index contributed by atoms with van der Waals surface area (Å²) in [5.41, 5.74) is 3.46. The molecular formula is C38H54O7Si. The van der Waals surface area contributed by atoms with Crippen LogP contribution >= 0.6 is 0 Å². The van der Waals surface area contributed by atoms with Gasteiger partial charge in [0.1, 0.15) is 23.0 Å². The smallest absolute Gasteiger partial charge is 0.191 e. The van der Waals surface area contributed by atoms with Crippen LogP contribution in [-0.4, -0.2) is 55.9 Å². The number of aryl methyl sites for hydroxylation is 1. The minimum atomic E-state index is -1.69. The Balaban J connectivity index is 1.37. The highest BCUT2D eigenvalue weighted by Crippen LogP contribution is 2.49. The number of benzene rings is 3. The number of hydrogen-bond donors (Lipinski definition) is 0. The normalized spacial score (nSPS) is 18.0. The zero-order valence-corrected chi connectivity index (χ0v) is 30.1. The van der Waals surface area contributed by atoms with Gasteiger partial charge in [0.15, 0.2) is 21.9 Å². The molecule has 46 heavy (non-hydrogen) atoms. The third kappa shape index (κ3) is 9.28. The molecule has 0 saturated carbocycles. The predicted octanol–water partition coefficient (Wildman–Crippen LogP) is 8.90. The predicted molar refractivity (Wildman–Crippen MR) is 186 cm³/mol. The van der Waals surface area contributed by atoms with Crippen molar-refractivity contribution >= 4 is 8.32 Å². The van der Waals surface area contributed by atoms with Gasteiger partial charge in [-0.15, -0.1) is 0 Å². The van der Waals surface area contributed by atoms with Crippen molar-refractivity contribution in [3.63, 3.8) is 0 Å². The average molecular weight is 651 g/mol. The third-order valence-corrected chi connectivity index (χ3v) is 14.1. The highest BCUT2D eigenvalue weighted by atomic mass is 28.4. The van der Waals surface area contributed by atoms with Gasteiger partial charge in [0.05, 0.1) is 13.2 Å². The quantitative estimate of drug-likeness (QED) is 0.0821. The number of ether oxygens (including phenoxy) is 6. The third-order valence-electron chi connectivity index (χ3n) is 9.57. The second-order valence-corrected chi connectivity index (χ2v) is 18.7. The molecule has 1 aliphatic rings. The second-order valence-electron chi connectivity index (χ2n) is 13.9. The Labute approximate surface area is 277 Å². The van der Waals surface area contributed by atoms with Crippen LogP contribution in [0.2, 0.25) is 18.1 Å². The molecule has 0 saturated heterocycles. The monoisotopic (exact) mass is 650 g/mol. The molecule has 7 nitrogen and oxygen atoms in total. The summed E-state index contributed by atoms with van der Waals surface area (Å²) in [6.07, 6.45) is 3.89. The van der Waals surface area contributed by atoms with Crippen LogP contribution < -0.4 is 18.9 Å². The molecule has 4 rings (SSSR count). The van der Waals surface area contributed by atoms with E-state index in [1.807, 2.05) is 24.3 Å². The van der Waals surface area contributed by atoms with Crippen molar-refractivity contribution in [1.29, 1.82) is 0 Å². The van der Waals surface area contributed by atoms with E-state index >= 15 is 0 Å². The van der Waals surface area contributed by atoms with Gasteiger partial charge in [0.25, 0.3) is 0 Å². The Hall–Kier alpha value is -3.04. The van der Waals surface area contributed by atoms with E-state index in [0.717, 1.165) is 55.3 Å². The molecule has 0 bridgehead atoms. The molecule has 0 aromatic heterocycles. The molecule has 2 unspecified atom stereocenters. The molecule has 0 fully saturated rings. The molecule has 0 N–H and O–H groups in total. The number of fused-ring (bicyclic) bond motifs is 1. The molecule has 0 aliphatic carbocycles. The Kier molecular flexibility index (Phi) is 12.6. The van der Waals surface area contributed by atoms with Gasteiger partial charge in [-0.25, -0.2) is 0 Å². The van der Waals surface area contributed by atoms with Crippen LogP contribution in [0.4, 0.5) is 0 Å². The lowest BCUT2D eigenvalue weighted by Gasteiger charge is -2.43. The molecule has 3 aromatic rings. The fraction of sp³-hybridized carbons (Fsp3) is 0.526. The fourth-order valence-electron chi connectivity index (χ4n) is 5.68. The van der Waals surface area contributed by atoms with E-state index in [0.29, 0.717) is 13.2 Å². The summed E-state index contributed by atoms with van der Waals surface area (Å²) in [7, 11) is 1.54. The first-order valence-corrected chi connectivity index (χ1v) is 19.3. The van der Waals surface area contributed by atoms with E-state index in [9.17, 15) is 0 Å². The highest BCUT2D eigenvalue weighted by molar-refractivity contribution is 6.74. The van der Waals surface area contributed by atoms with Gasteiger partial charge < -0.3 is 32.8 Å². The molecule has 2 atom stereocenters. The van der Waals surface area contributed by atoms with Gasteiger partial charge in [0.2, 0.25) is 0 Å². The summed E-state index contributed by atoms with van der Waals surface area (Å²) in [5, 5.41) is 0.243. The van der Waals surface area contributed by atoms with E-state index in [4.69, 9.17) is 32.8 Å². The van der Waals surface area contributed by atoms with Crippen molar-refractivity contribution < 1.29 is 32.8 Å². The van der Waals surface area contributed by atoms with Crippen LogP contribution in [-0.2, 0) is 25.7 Å². The first-order valence-electron chi connectivity index (χ1n) is 16.4. The van der Waals surface area contributed by atoms with Gasteiger partial charge in [-0.3, -0.25) is 0 Å². The average Bonchev–Trinajstić information content (AvgIpc) is 3.04. The molecule has 252 valence electrons. The standard InChI is InChI=1S/C38H54O7Si/c1-37(2,3)46(7,8)45-24-9-11-29-13-17-31(18-14-29)41-23-10-12-35-34-22-21-33(44-28-40-6)25-36(34)42-26-38(35,4)30-15-19-32(20-16-30)43-27-39-5/h13-22,25,35H,9-12,23-24,26-28H2,1-8H3. The largest absolute Gasteiger partial charge is 0.494 e. The topological polar surface area (TPSA) is 64.6 Å². The van der Waals surface area contributed by atoms with Gasteiger partial charge in [-0.2, -0.15) is 0 Å². The van der Waals surface area contributed by atoms with E-state index < -0.39 is 8.32 Å². The summed E-state index contributed by atoms with van der Waals surface area (Å²) in [6.45, 7) is 16.2. The van der Waals surface area contributed by atoms with Gasteiger partial charge in [-0.1, -0.05) is 58.0 Å². The lowest BCUT2D eigenvalue weighted by atomic mass is 9.66. The Bertz CT molecular complexity index is 1350. The number of methoxy groups -OCH3 is 2. The van der Waals surface area contributed by atoms with Crippen LogP contribution in [0.25, 0.3) is 0 Å². The van der Waals surface area contributed by atoms with E-state index in [2.05, 4.69) is 83.3 Å². The van der Waals surface area contributed by atoms with Crippen molar-refractivity contribution in [1.82, 2.24) is 0 Å². The van der Waals surface area contributed by atoms with Gasteiger partial charge >= 0.3 is 0 Å². The number of rotatable bonds is 17. The van der Waals surface area contributed by atoms with Crippen LogP contribution in [0.15, 0.2) is 66.7 Å². The van der Waals surface area contributed by atoms with Gasteiger partial charge in [-0.05, 0) is 90.8 Å². The van der Waals surface area contributed by atoms with Crippen LogP contribution in [0.3, 0.4) is 0 Å². The summed E-state index contributed by atoms with van der Waals surface area (Å²) in [4.78, 5) is 0. The fourth-order valence-corrected chi connectivity index (χ4v) is 6.77. The maximum atomic E-state index is 6.38. The summed E-state index contributed by atoms with van der Waals surface area (Å²) >= 11 is 0. The van der Waals surface area contributed by atoms with Crippen molar-refractivity contribution in [2.75, 3.05) is 47.6 Å². The molecule has 0 radical (unpaired) electrons. The molecule has 3 aromatic carbocycles. The molecular weight excluding hydrogens is 596 g/mol. The zero-order valence-electron chi connectivity index (χ0n) is 29.1. The molecule has 1 heterocycles. The first kappa shape index (κ1) is 35.8. The van der Waals surface area contributed by atoms with Crippen LogP contribution in [0, 0.1) is 0 Å². The van der Waals surface area contributed by atoms with Crippen molar-refractivity contribution in [3.05, 3.63) is 83.4 Å². The minimum absolute atomic E-state index is 0.196. The Morgan fingerprint density at radius 1 is 0.783 bits per heavy atom. The molecule has 0 amide bonds. The van der Waals surface area contributed by atoms with Crippen LogP contribution in [0.1, 0.15) is 69.6 Å². The lowest BCUT2D eigenvalue weighted by Crippen LogP contribution is -2.41. The zero-order chi connectivity index (χ0) is 33.2. The maximum absolute atomic E-state index is 6.38. The van der Waals surface area contributed by atoms with E-state index in [1.165, 1.54) is 16.7 Å². The Morgan fingerprint density at radius 3 is 2.04 bits per heavy atom. The second kappa shape index (κ2) is 16.2. The molecule has 0 spiro atoms. The SMILES string of the molecule is COCOc1ccc(C2(C)COc3cc(OCOC)ccc3C2CCCOc2ccc(CCCO[Si](C)(C)C(C)(C)C)cc2)cc1. The lowest BCUT2D eigenvalue weighted by molar-refractivity contribution is 0.0505. The first-order chi connectivity index (χ1) is 22.0. The van der Waals surface area contributed by atoms with Crippen molar-refractivity contribution in [3.8, 4) is 23.0 Å². The summed E-state index contributed by atoms with van der Waals surface area (Å²) in [6, 6.07) is 22.9. The van der Waals surface area contributed by atoms with Gasteiger partial charge in [0, 0.05) is 38.2 Å². The minimum Gasteiger partial charge on any atom is -0.494 e. The van der Waals surface area contributed by atoms with E-state index in [-0.39, 0.29) is 30.0 Å². The maximum Gasteiger partial charge on any atom is 0.191 e. The van der Waals surface area contributed by atoms with Crippen LogP contribution in [0.5, 0.6) is 23.0 Å². The summed E-state index contributed by atoms with van der Waals surface area (Å²) in [5.74, 6) is 3.50. The number of hydrogen-bond acceptors (Lipinski definition) is 7. The molecule has 8 heteroatoms. The summed E-state index contributed by atoms with van der Waals surface area (Å²) < 4.78 is 40.4. The van der Waals surface area contributed by atoms with E-state index in [1.54, 1.807) is 14.2 Å². The Morgan fingerprint density at radius 2 is 1.39 bits per heavy atom. The molecule has 1 aliphatic heterocycles.